The number of hydrogen-bond donors (Lipinski definition) is 0. The van der Waals surface area contributed by atoms with E-state index in [4.69, 9.17) is 14.2 Å². The smallest absolute Gasteiger partial charge is 0.306 e. The molecule has 0 aromatic rings. The molecule has 0 aromatic heterocycles. The molecule has 1 saturated heterocycles. The second-order valence-electron chi connectivity index (χ2n) is 9.16. The molecule has 7 atom stereocenters. The molecule has 4 rings (SSSR count). The van der Waals surface area contributed by atoms with E-state index in [1.807, 2.05) is 33.8 Å². The van der Waals surface area contributed by atoms with Crippen LogP contribution >= 0.6 is 0 Å². The van der Waals surface area contributed by atoms with Gasteiger partial charge in [0.1, 0.15) is 6.10 Å². The van der Waals surface area contributed by atoms with Gasteiger partial charge in [0, 0.05) is 22.7 Å². The Hall–Kier alpha value is -2.11. The summed E-state index contributed by atoms with van der Waals surface area (Å²) in [5.74, 6) is -0.854. The van der Waals surface area contributed by atoms with Gasteiger partial charge in [0.15, 0.2) is 11.5 Å². The van der Waals surface area contributed by atoms with Crippen molar-refractivity contribution in [2.24, 2.45) is 34.5 Å². The minimum atomic E-state index is -0.936. The van der Waals surface area contributed by atoms with Crippen molar-refractivity contribution < 1.29 is 28.6 Å². The van der Waals surface area contributed by atoms with Crippen molar-refractivity contribution in [3.8, 4) is 0 Å². The third kappa shape index (κ3) is 2.06. The van der Waals surface area contributed by atoms with Crippen molar-refractivity contribution in [3.05, 3.63) is 23.2 Å². The predicted molar refractivity (Wildman–Crippen MR) is 99.8 cm³/mol. The monoisotopic (exact) mass is 388 g/mol. The zero-order chi connectivity index (χ0) is 20.6. The highest BCUT2D eigenvalue weighted by Crippen LogP contribution is 2.67. The summed E-state index contributed by atoms with van der Waals surface area (Å²) in [5, 5.41) is 0. The molecule has 0 unspecified atom stereocenters. The number of methoxy groups -OCH3 is 2. The second kappa shape index (κ2) is 5.94. The molecule has 0 bridgehead atoms. The number of carbonyl (C=O) groups excluding carboxylic acids is 3. The van der Waals surface area contributed by atoms with Crippen LogP contribution in [-0.4, -0.2) is 37.9 Å². The molecule has 0 radical (unpaired) electrons. The standard InChI is InChI=1S/C22H28O6/c1-10-7-14(26-5)20(25)22(4)12(10)8-15-21(3)13(9-16(23)28-15)11(2)18(27-6)17(24)19(21)22/h7,10,12-13,15,19H,8-9H2,1-6H3/t10-,12-,13+,15-,19+,21-,22-/m1/s1. The van der Waals surface area contributed by atoms with Gasteiger partial charge in [-0.05, 0) is 36.8 Å². The number of esters is 1. The highest BCUT2D eigenvalue weighted by molar-refractivity contribution is 6.07. The molecule has 6 heteroatoms. The van der Waals surface area contributed by atoms with E-state index in [9.17, 15) is 14.4 Å². The largest absolute Gasteiger partial charge is 0.493 e. The highest BCUT2D eigenvalue weighted by atomic mass is 16.5. The summed E-state index contributed by atoms with van der Waals surface area (Å²) in [6, 6.07) is 0. The van der Waals surface area contributed by atoms with E-state index in [1.54, 1.807) is 0 Å². The Morgan fingerprint density at radius 1 is 1.14 bits per heavy atom. The molecule has 0 amide bonds. The SMILES string of the molecule is COC1=C[C@@H](C)[C@H]2C[C@H]3OC(=O)C[C@H]4C(C)=C(OC)C(=O)[C@H]([C@]2(C)C1=O)[C@@]34C. The maximum Gasteiger partial charge on any atom is 0.306 e. The fourth-order valence-corrected chi connectivity index (χ4v) is 6.81. The average molecular weight is 388 g/mol. The lowest BCUT2D eigenvalue weighted by molar-refractivity contribution is -0.217. The van der Waals surface area contributed by atoms with Gasteiger partial charge in [0.05, 0.1) is 20.6 Å². The molecule has 4 aliphatic rings. The molecule has 28 heavy (non-hydrogen) atoms. The number of Topliss-reactive ketones (excluding diaryl/α,β-unsaturated/α-hetero) is 2. The van der Waals surface area contributed by atoms with E-state index in [1.165, 1.54) is 14.2 Å². The van der Waals surface area contributed by atoms with Gasteiger partial charge in [-0.2, -0.15) is 0 Å². The first kappa shape index (κ1) is 19.2. The highest BCUT2D eigenvalue weighted by Gasteiger charge is 2.72. The van der Waals surface area contributed by atoms with E-state index in [2.05, 4.69) is 0 Å². The number of ketones is 2. The maximum atomic E-state index is 13.7. The van der Waals surface area contributed by atoms with Crippen LogP contribution < -0.4 is 0 Å². The first-order chi connectivity index (χ1) is 13.1. The molecule has 0 N–H and O–H groups in total. The van der Waals surface area contributed by atoms with Crippen molar-refractivity contribution in [2.45, 2.75) is 46.6 Å². The van der Waals surface area contributed by atoms with Gasteiger partial charge in [0.2, 0.25) is 11.6 Å². The lowest BCUT2D eigenvalue weighted by atomic mass is 9.40. The van der Waals surface area contributed by atoms with E-state index >= 15 is 0 Å². The van der Waals surface area contributed by atoms with Crippen molar-refractivity contribution in [1.82, 2.24) is 0 Å². The molecular formula is C22H28O6. The van der Waals surface area contributed by atoms with Crippen LogP contribution in [0.4, 0.5) is 0 Å². The number of fused-ring (bicyclic) bond motifs is 2. The molecule has 3 aliphatic carbocycles. The zero-order valence-electron chi connectivity index (χ0n) is 17.3. The molecule has 152 valence electrons. The Kier molecular flexibility index (Phi) is 4.08. The number of rotatable bonds is 2. The van der Waals surface area contributed by atoms with Crippen LogP contribution in [0.2, 0.25) is 0 Å². The fourth-order valence-electron chi connectivity index (χ4n) is 6.81. The van der Waals surface area contributed by atoms with Gasteiger partial charge in [-0.3, -0.25) is 14.4 Å². The molecule has 1 aliphatic heterocycles. The molecule has 1 saturated carbocycles. The molecule has 2 fully saturated rings. The van der Waals surface area contributed by atoms with E-state index in [0.717, 1.165) is 5.57 Å². The Labute approximate surface area is 165 Å². The van der Waals surface area contributed by atoms with Crippen LogP contribution in [0.3, 0.4) is 0 Å². The second-order valence-corrected chi connectivity index (χ2v) is 9.16. The van der Waals surface area contributed by atoms with Gasteiger partial charge < -0.3 is 14.2 Å². The average Bonchev–Trinajstić information content (AvgIpc) is 2.63. The molecular weight excluding hydrogens is 360 g/mol. The van der Waals surface area contributed by atoms with Crippen molar-refractivity contribution in [2.75, 3.05) is 14.2 Å². The number of allylic oxidation sites excluding steroid dienone is 4. The number of ether oxygens (including phenoxy) is 3. The molecule has 0 aromatic carbocycles. The summed E-state index contributed by atoms with van der Waals surface area (Å²) in [7, 11) is 2.97. The summed E-state index contributed by atoms with van der Waals surface area (Å²) in [6.07, 6.45) is 2.21. The first-order valence-electron chi connectivity index (χ1n) is 9.91. The van der Waals surface area contributed by atoms with Crippen molar-refractivity contribution >= 4 is 17.5 Å². The van der Waals surface area contributed by atoms with Gasteiger partial charge in [-0.1, -0.05) is 20.8 Å². The fraction of sp³-hybridized carbons (Fsp3) is 0.682. The van der Waals surface area contributed by atoms with E-state index in [0.29, 0.717) is 12.2 Å². The lowest BCUT2D eigenvalue weighted by Crippen LogP contribution is -2.69. The zero-order valence-corrected chi connectivity index (χ0v) is 17.3. The Balaban J connectivity index is 1.99. The Morgan fingerprint density at radius 2 is 1.82 bits per heavy atom. The number of carbonyl (C=O) groups is 3. The molecule has 1 heterocycles. The summed E-state index contributed by atoms with van der Waals surface area (Å²) in [5.41, 5.74) is -0.795. The van der Waals surface area contributed by atoms with Gasteiger partial charge in [0.25, 0.3) is 0 Å². The Bertz CT molecular complexity index is 838. The van der Waals surface area contributed by atoms with Crippen LogP contribution in [0.25, 0.3) is 0 Å². The van der Waals surface area contributed by atoms with Crippen LogP contribution in [0.5, 0.6) is 0 Å². The topological polar surface area (TPSA) is 78.9 Å². The minimum Gasteiger partial charge on any atom is -0.493 e. The summed E-state index contributed by atoms with van der Waals surface area (Å²) in [6.45, 7) is 7.80. The quantitative estimate of drug-likeness (QED) is 0.677. The minimum absolute atomic E-state index is 0.0204. The summed E-state index contributed by atoms with van der Waals surface area (Å²) >= 11 is 0. The number of hydrogen-bond acceptors (Lipinski definition) is 6. The molecule has 0 spiro atoms. The van der Waals surface area contributed by atoms with Crippen molar-refractivity contribution in [3.63, 3.8) is 0 Å². The van der Waals surface area contributed by atoms with Crippen LogP contribution in [-0.2, 0) is 28.6 Å². The van der Waals surface area contributed by atoms with Gasteiger partial charge in [-0.15, -0.1) is 0 Å². The lowest BCUT2D eigenvalue weighted by Gasteiger charge is -2.64. The van der Waals surface area contributed by atoms with Crippen LogP contribution in [0.1, 0.15) is 40.5 Å². The van der Waals surface area contributed by atoms with Crippen molar-refractivity contribution in [1.29, 1.82) is 0 Å². The van der Waals surface area contributed by atoms with Crippen LogP contribution in [0, 0.1) is 34.5 Å². The normalized spacial score (nSPS) is 45.0. The van der Waals surface area contributed by atoms with Gasteiger partial charge >= 0.3 is 5.97 Å². The van der Waals surface area contributed by atoms with E-state index < -0.39 is 22.9 Å². The Morgan fingerprint density at radius 3 is 2.43 bits per heavy atom. The maximum absolute atomic E-state index is 13.7. The molecule has 6 nitrogen and oxygen atoms in total. The third-order valence-corrected chi connectivity index (χ3v) is 8.10. The van der Waals surface area contributed by atoms with Gasteiger partial charge in [-0.25, -0.2) is 0 Å². The first-order valence-corrected chi connectivity index (χ1v) is 9.91. The van der Waals surface area contributed by atoms with Crippen LogP contribution in [0.15, 0.2) is 23.2 Å². The summed E-state index contributed by atoms with van der Waals surface area (Å²) < 4.78 is 16.7. The predicted octanol–water partition coefficient (Wildman–Crippen LogP) is 2.82. The summed E-state index contributed by atoms with van der Waals surface area (Å²) in [4.78, 5) is 39.6. The van der Waals surface area contributed by atoms with E-state index in [-0.39, 0.29) is 47.5 Å². The third-order valence-electron chi connectivity index (χ3n) is 8.10.